The van der Waals surface area contributed by atoms with E-state index in [-0.39, 0.29) is 35.0 Å². The number of hydrogen-bond acceptors (Lipinski definition) is 9. The van der Waals surface area contributed by atoms with E-state index in [0.717, 1.165) is 64.2 Å². The molecule has 4 aromatic carbocycles. The molecule has 7 rings (SSSR count). The molecule has 13 heteroatoms. The fourth-order valence-electron chi connectivity index (χ4n) is 8.57. The lowest BCUT2D eigenvalue weighted by molar-refractivity contribution is 0.0976. The van der Waals surface area contributed by atoms with Crippen LogP contribution in [0.1, 0.15) is 94.3 Å². The quantitative estimate of drug-likeness (QED) is 0.0916. The number of fused-ring (bicyclic) bond motifs is 2. The highest BCUT2D eigenvalue weighted by atomic mass is 32.2. The first-order chi connectivity index (χ1) is 25.3. The van der Waals surface area contributed by atoms with Crippen molar-refractivity contribution in [1.29, 1.82) is 0 Å². The van der Waals surface area contributed by atoms with Crippen LogP contribution in [0, 0.1) is 11.8 Å². The Morgan fingerprint density at radius 2 is 1.04 bits per heavy atom. The summed E-state index contributed by atoms with van der Waals surface area (Å²) in [6.07, 6.45) is 9.04. The van der Waals surface area contributed by atoms with Crippen LogP contribution in [0.25, 0.3) is 0 Å². The Bertz CT molecular complexity index is 2280. The van der Waals surface area contributed by atoms with Crippen LogP contribution in [0.5, 0.6) is 5.75 Å². The predicted molar refractivity (Wildman–Crippen MR) is 200 cm³/mol. The maximum absolute atomic E-state index is 14.6. The van der Waals surface area contributed by atoms with Crippen LogP contribution in [0.2, 0.25) is 0 Å². The monoisotopic (exact) mass is 758 g/mol. The zero-order chi connectivity index (χ0) is 37.5. The Morgan fingerprint density at radius 1 is 0.585 bits per heavy atom. The van der Waals surface area contributed by atoms with Gasteiger partial charge in [0.2, 0.25) is 0 Å². The van der Waals surface area contributed by atoms with Crippen molar-refractivity contribution < 1.29 is 40.6 Å². The molecule has 0 radical (unpaired) electrons. The van der Waals surface area contributed by atoms with Crippen molar-refractivity contribution in [3.8, 4) is 5.75 Å². The molecule has 2 fully saturated rings. The molecule has 0 aliphatic heterocycles. The molecular weight excluding hydrogens is 717 g/mol. The third-order valence-electron chi connectivity index (χ3n) is 11.1. The van der Waals surface area contributed by atoms with Gasteiger partial charge in [0, 0.05) is 29.0 Å². The second kappa shape index (κ2) is 14.7. The summed E-state index contributed by atoms with van der Waals surface area (Å²) in [5, 5.41) is 18.3. The number of benzene rings is 4. The van der Waals surface area contributed by atoms with Gasteiger partial charge >= 0.3 is 0 Å². The zero-order valence-corrected chi connectivity index (χ0v) is 30.6. The second-order valence-electron chi connectivity index (χ2n) is 14.5. The summed E-state index contributed by atoms with van der Waals surface area (Å²) in [6, 6.07) is 24.0. The zero-order valence-electron chi connectivity index (χ0n) is 29.0. The third-order valence-corrected chi connectivity index (χ3v) is 13.0. The van der Waals surface area contributed by atoms with Crippen molar-refractivity contribution in [2.24, 2.45) is 11.8 Å². The number of aromatic hydroxyl groups is 1. The fourth-order valence-corrected chi connectivity index (χ4v) is 10.5. The highest BCUT2D eigenvalue weighted by Gasteiger charge is 2.42. The number of anilines is 2. The minimum absolute atomic E-state index is 0.0488. The Labute approximate surface area is 309 Å². The van der Waals surface area contributed by atoms with Crippen molar-refractivity contribution in [3.05, 3.63) is 112 Å². The highest BCUT2D eigenvalue weighted by Crippen LogP contribution is 2.45. The van der Waals surface area contributed by atoms with Crippen molar-refractivity contribution in [2.75, 3.05) is 10.6 Å². The number of carbonyl (C=O) groups excluding carboxylic acids is 2. The smallest absolute Gasteiger partial charge is 0.299 e. The Kier molecular flexibility index (Phi) is 10.2. The summed E-state index contributed by atoms with van der Waals surface area (Å²) in [5.74, 6) is -2.80. The molecule has 4 unspecified atom stereocenters. The maximum atomic E-state index is 14.6. The number of phenolic OH excluding ortho intramolecular Hbond substituents is 1. The molecule has 5 N–H and O–H groups in total. The molecule has 11 nitrogen and oxygen atoms in total. The lowest BCUT2D eigenvalue weighted by atomic mass is 9.78. The Balaban J connectivity index is 1.35. The minimum atomic E-state index is -5.51. The van der Waals surface area contributed by atoms with Crippen LogP contribution in [-0.2, 0) is 33.1 Å². The van der Waals surface area contributed by atoms with E-state index in [0.29, 0.717) is 17.4 Å². The first-order valence-electron chi connectivity index (χ1n) is 18.0. The number of phenols is 1. The Hall–Kier alpha value is -4.56. The van der Waals surface area contributed by atoms with E-state index in [9.17, 15) is 40.6 Å². The molecule has 0 saturated heterocycles. The van der Waals surface area contributed by atoms with E-state index in [2.05, 4.69) is 34.9 Å². The van der Waals surface area contributed by atoms with Crippen LogP contribution in [0.3, 0.4) is 0 Å². The summed E-state index contributed by atoms with van der Waals surface area (Å²) in [6.45, 7) is 0. The normalized spacial score (nSPS) is 21.8. The molecule has 4 atom stereocenters. The molecule has 0 spiro atoms. The van der Waals surface area contributed by atoms with Gasteiger partial charge < -0.3 is 15.7 Å². The van der Waals surface area contributed by atoms with E-state index in [1.54, 1.807) is 12.1 Å². The van der Waals surface area contributed by atoms with Gasteiger partial charge in [-0.15, -0.1) is 0 Å². The van der Waals surface area contributed by atoms with Crippen LogP contribution in [0.4, 0.5) is 11.4 Å². The Morgan fingerprint density at radius 3 is 1.49 bits per heavy atom. The van der Waals surface area contributed by atoms with Gasteiger partial charge in [-0.05, 0) is 79.7 Å². The highest BCUT2D eigenvalue weighted by molar-refractivity contribution is 7.89. The summed E-state index contributed by atoms with van der Waals surface area (Å²) in [4.78, 5) is 26.3. The maximum Gasteiger partial charge on any atom is 0.299 e. The molecule has 0 amide bonds. The van der Waals surface area contributed by atoms with Gasteiger partial charge in [0.05, 0.1) is 16.7 Å². The van der Waals surface area contributed by atoms with Crippen LogP contribution < -0.4 is 10.6 Å². The average Bonchev–Trinajstić information content (AvgIpc) is 3.12. The molecule has 0 bridgehead atoms. The summed E-state index contributed by atoms with van der Waals surface area (Å²) < 4.78 is 69.5. The first-order valence-corrected chi connectivity index (χ1v) is 20.9. The number of nitrogens with one attached hydrogen (secondary N) is 2. The SMILES string of the molecule is O=C1c2cc(S(=O)(=O)O)c(S(=O)(=O)O)c(O)c2C(=O)c2c(NC3CCCCC3Cc3ccccc3)ccc(NC3CCCCC3Cc3ccccc3)c21. The topological polar surface area (TPSA) is 187 Å². The van der Waals surface area contributed by atoms with Crippen molar-refractivity contribution >= 4 is 43.2 Å². The fraction of sp³-hybridized carbons (Fsp3) is 0.350. The first kappa shape index (κ1) is 36.8. The third kappa shape index (κ3) is 7.48. The van der Waals surface area contributed by atoms with Gasteiger partial charge in [-0.3, -0.25) is 18.7 Å². The molecule has 53 heavy (non-hydrogen) atoms. The number of ketones is 2. The number of hydrogen-bond donors (Lipinski definition) is 5. The molecular formula is C40H42N2O9S2. The standard InChI is InChI=1S/C40H42N2O9S2/c43-37-28-23-33(52(46,47)48)40(53(49,50)51)39(45)34(28)38(44)36-32(42-30-18-10-8-16-27(30)22-25-13-5-2-6-14-25)20-19-31(35(36)37)41-29-17-9-7-15-26(29)21-24-11-3-1-4-12-24/h1-6,11-14,19-20,23,26-27,29-30,41-42,45H,7-10,15-18,21-22H2,(H,46,47,48)(H,49,50,51). The summed E-state index contributed by atoms with van der Waals surface area (Å²) >= 11 is 0. The van der Waals surface area contributed by atoms with Gasteiger partial charge in [0.25, 0.3) is 20.2 Å². The van der Waals surface area contributed by atoms with Gasteiger partial charge in [0.1, 0.15) is 10.6 Å². The molecule has 0 heterocycles. The second-order valence-corrected chi connectivity index (χ2v) is 17.2. The van der Waals surface area contributed by atoms with E-state index in [4.69, 9.17) is 0 Å². The molecule has 0 aromatic heterocycles. The number of rotatable bonds is 10. The largest absolute Gasteiger partial charge is 0.506 e. The van der Waals surface area contributed by atoms with Gasteiger partial charge in [0.15, 0.2) is 16.5 Å². The van der Waals surface area contributed by atoms with E-state index in [1.807, 2.05) is 36.4 Å². The van der Waals surface area contributed by atoms with Crippen molar-refractivity contribution in [2.45, 2.75) is 86.1 Å². The minimum Gasteiger partial charge on any atom is -0.506 e. The van der Waals surface area contributed by atoms with Crippen LogP contribution in [-0.4, -0.2) is 54.7 Å². The van der Waals surface area contributed by atoms with E-state index in [1.165, 1.54) is 11.1 Å². The van der Waals surface area contributed by atoms with Crippen LogP contribution >= 0.6 is 0 Å². The molecule has 3 aliphatic carbocycles. The average molecular weight is 759 g/mol. The summed E-state index contributed by atoms with van der Waals surface area (Å²) in [7, 11) is -10.9. The number of carbonyl (C=O) groups is 2. The van der Waals surface area contributed by atoms with Crippen LogP contribution in [0.15, 0.2) is 88.7 Å². The van der Waals surface area contributed by atoms with E-state index < -0.39 is 58.5 Å². The molecule has 3 aliphatic rings. The van der Waals surface area contributed by atoms with Gasteiger partial charge in [-0.1, -0.05) is 86.3 Å². The lowest BCUT2D eigenvalue weighted by Gasteiger charge is -2.36. The molecule has 2 saturated carbocycles. The van der Waals surface area contributed by atoms with Gasteiger partial charge in [-0.25, -0.2) is 0 Å². The van der Waals surface area contributed by atoms with E-state index >= 15 is 0 Å². The lowest BCUT2D eigenvalue weighted by Crippen LogP contribution is -2.36. The van der Waals surface area contributed by atoms with Crippen molar-refractivity contribution in [1.82, 2.24) is 0 Å². The predicted octanol–water partition coefficient (Wildman–Crippen LogP) is 7.09. The summed E-state index contributed by atoms with van der Waals surface area (Å²) in [5.41, 5.74) is 1.48. The molecule has 4 aromatic rings. The molecule has 278 valence electrons. The van der Waals surface area contributed by atoms with Crippen molar-refractivity contribution in [3.63, 3.8) is 0 Å². The van der Waals surface area contributed by atoms with Gasteiger partial charge in [-0.2, -0.15) is 16.8 Å².